The van der Waals surface area contributed by atoms with Crippen LogP contribution in [0, 0.1) is 0 Å². The third-order valence-corrected chi connectivity index (χ3v) is 5.05. The Bertz CT molecular complexity index is 950. The molecule has 2 nitrogen and oxygen atoms in total. The number of amides is 1. The van der Waals surface area contributed by atoms with Gasteiger partial charge >= 0.3 is 12.4 Å². The fourth-order valence-electron chi connectivity index (χ4n) is 2.82. The summed E-state index contributed by atoms with van der Waals surface area (Å²) >= 11 is 5.83. The smallest absolute Gasteiger partial charge is 0.307 e. The first-order valence-corrected chi connectivity index (χ1v) is 8.61. The summed E-state index contributed by atoms with van der Waals surface area (Å²) < 4.78 is 79.1. The van der Waals surface area contributed by atoms with Crippen LogP contribution in [0.5, 0.6) is 0 Å². The first kappa shape index (κ1) is 19.7. The van der Waals surface area contributed by atoms with Crippen LogP contribution in [0.1, 0.15) is 17.0 Å². The molecule has 0 saturated carbocycles. The predicted molar refractivity (Wildman–Crippen MR) is 95.1 cm³/mol. The lowest BCUT2D eigenvalue weighted by atomic mass is 9.90. The summed E-state index contributed by atoms with van der Waals surface area (Å²) in [7, 11) is 0. The molecule has 2 aromatic carbocycles. The number of fused-ring (bicyclic) bond motifs is 1. The van der Waals surface area contributed by atoms with Crippen molar-refractivity contribution in [3.05, 3.63) is 52.4 Å². The largest absolute Gasteiger partial charge is 0.404 e. The zero-order valence-electron chi connectivity index (χ0n) is 13.1. The standard InChI is InChI=1S/C17H9F6NOS2/c18-16(19,20)13(17(21,22)23)11-6-5-8(9-3-1-2-4-10(9)11)7-12-14(25)24-15(26)27-12/h1-7,13H,(H,24,25,26)/b12-7-. The number of carbonyl (C=O) groups excluding carboxylic acids is 1. The molecule has 27 heavy (non-hydrogen) atoms. The Morgan fingerprint density at radius 3 is 2.07 bits per heavy atom. The van der Waals surface area contributed by atoms with Gasteiger partial charge in [-0.3, -0.25) is 4.79 Å². The minimum Gasteiger partial charge on any atom is -0.307 e. The van der Waals surface area contributed by atoms with Crippen molar-refractivity contribution in [3.63, 3.8) is 0 Å². The van der Waals surface area contributed by atoms with Gasteiger partial charge in [0.25, 0.3) is 5.91 Å². The molecular weight excluding hydrogens is 412 g/mol. The minimum atomic E-state index is -5.49. The van der Waals surface area contributed by atoms with E-state index in [9.17, 15) is 31.1 Å². The average molecular weight is 421 g/mol. The Balaban J connectivity index is 2.21. The van der Waals surface area contributed by atoms with Gasteiger partial charge in [-0.2, -0.15) is 26.3 Å². The van der Waals surface area contributed by atoms with Gasteiger partial charge < -0.3 is 5.32 Å². The molecule has 142 valence electrons. The number of carbonyl (C=O) groups is 1. The Morgan fingerprint density at radius 1 is 0.963 bits per heavy atom. The molecule has 1 heterocycles. The molecule has 0 bridgehead atoms. The van der Waals surface area contributed by atoms with Crippen molar-refractivity contribution in [3.8, 4) is 0 Å². The van der Waals surface area contributed by atoms with E-state index in [1.54, 1.807) is 0 Å². The fraction of sp³-hybridized carbons (Fsp3) is 0.176. The normalized spacial score (nSPS) is 17.2. The van der Waals surface area contributed by atoms with Gasteiger partial charge in [-0.25, -0.2) is 0 Å². The number of benzene rings is 2. The van der Waals surface area contributed by atoms with Crippen molar-refractivity contribution in [2.24, 2.45) is 0 Å². The average Bonchev–Trinajstić information content (AvgIpc) is 2.84. The molecule has 1 amide bonds. The van der Waals surface area contributed by atoms with Crippen LogP contribution in [0.4, 0.5) is 26.3 Å². The van der Waals surface area contributed by atoms with E-state index in [2.05, 4.69) is 5.32 Å². The number of rotatable bonds is 2. The van der Waals surface area contributed by atoms with Gasteiger partial charge in [-0.15, -0.1) is 0 Å². The van der Waals surface area contributed by atoms with Crippen molar-refractivity contribution in [2.45, 2.75) is 18.3 Å². The molecule has 1 saturated heterocycles. The fourth-order valence-corrected chi connectivity index (χ4v) is 3.86. The number of hydrogen-bond donors (Lipinski definition) is 1. The molecule has 0 aromatic heterocycles. The van der Waals surface area contributed by atoms with Crippen LogP contribution in [0.15, 0.2) is 41.3 Å². The maximum Gasteiger partial charge on any atom is 0.404 e. The summed E-state index contributed by atoms with van der Waals surface area (Å²) in [5, 5.41) is 2.38. The second-order valence-corrected chi connectivity index (χ2v) is 7.38. The molecule has 3 rings (SSSR count). The van der Waals surface area contributed by atoms with Crippen LogP contribution in [-0.2, 0) is 4.79 Å². The van der Waals surface area contributed by atoms with Crippen LogP contribution in [0.3, 0.4) is 0 Å². The molecule has 1 N–H and O–H groups in total. The molecule has 1 aliphatic heterocycles. The highest BCUT2D eigenvalue weighted by atomic mass is 32.2. The topological polar surface area (TPSA) is 29.1 Å². The number of thioether (sulfide) groups is 1. The van der Waals surface area contributed by atoms with E-state index in [-0.39, 0.29) is 20.0 Å². The van der Waals surface area contributed by atoms with Crippen LogP contribution in [0.25, 0.3) is 16.8 Å². The van der Waals surface area contributed by atoms with Crippen LogP contribution >= 0.6 is 24.0 Å². The number of thiocarbonyl (C=S) groups is 1. The highest BCUT2D eigenvalue weighted by Crippen LogP contribution is 2.48. The van der Waals surface area contributed by atoms with Gasteiger partial charge in [0, 0.05) is 0 Å². The quantitative estimate of drug-likeness (QED) is 0.392. The Kier molecular flexibility index (Phi) is 4.98. The SMILES string of the molecule is O=C1NC(=S)S/C1=C\c1ccc(C(C(F)(F)F)C(F)(F)F)c2ccccc12. The summed E-state index contributed by atoms with van der Waals surface area (Å²) in [6.07, 6.45) is -9.59. The van der Waals surface area contributed by atoms with Gasteiger partial charge in [-0.05, 0) is 28.0 Å². The number of nitrogens with one attached hydrogen (secondary N) is 1. The molecule has 2 aromatic rings. The first-order chi connectivity index (χ1) is 12.5. The van der Waals surface area contributed by atoms with Crippen LogP contribution in [-0.4, -0.2) is 22.6 Å². The van der Waals surface area contributed by atoms with Crippen molar-refractivity contribution in [1.29, 1.82) is 0 Å². The predicted octanol–water partition coefficient (Wildman–Crippen LogP) is 5.54. The van der Waals surface area contributed by atoms with E-state index < -0.39 is 29.7 Å². The summed E-state index contributed by atoms with van der Waals surface area (Å²) in [5.74, 6) is -4.07. The molecule has 0 aliphatic carbocycles. The lowest BCUT2D eigenvalue weighted by Gasteiger charge is -2.25. The second-order valence-electron chi connectivity index (χ2n) is 5.66. The summed E-state index contributed by atoms with van der Waals surface area (Å²) in [6, 6.07) is 7.41. The Hall–Kier alpha value is -2.07. The van der Waals surface area contributed by atoms with Crippen LogP contribution in [0.2, 0.25) is 0 Å². The maximum atomic E-state index is 13.1. The number of hydrogen-bond acceptors (Lipinski definition) is 3. The maximum absolute atomic E-state index is 13.1. The lowest BCUT2D eigenvalue weighted by molar-refractivity contribution is -0.253. The lowest BCUT2D eigenvalue weighted by Crippen LogP contribution is -2.34. The zero-order valence-corrected chi connectivity index (χ0v) is 14.7. The van der Waals surface area contributed by atoms with E-state index >= 15 is 0 Å². The van der Waals surface area contributed by atoms with E-state index in [1.165, 1.54) is 30.3 Å². The van der Waals surface area contributed by atoms with E-state index in [0.29, 0.717) is 5.56 Å². The molecule has 0 atom stereocenters. The Morgan fingerprint density at radius 2 is 1.56 bits per heavy atom. The van der Waals surface area contributed by atoms with Crippen molar-refractivity contribution in [2.75, 3.05) is 0 Å². The second kappa shape index (κ2) is 6.83. The van der Waals surface area contributed by atoms with E-state index in [4.69, 9.17) is 12.2 Å². The summed E-state index contributed by atoms with van der Waals surface area (Å²) in [6.45, 7) is 0. The number of alkyl halides is 6. The molecule has 0 radical (unpaired) electrons. The Labute approximate surface area is 158 Å². The number of halogens is 6. The van der Waals surface area contributed by atoms with Gasteiger partial charge in [0.15, 0.2) is 5.92 Å². The van der Waals surface area contributed by atoms with Gasteiger partial charge in [0.1, 0.15) is 4.32 Å². The third-order valence-electron chi connectivity index (χ3n) is 3.89. The highest BCUT2D eigenvalue weighted by Gasteiger charge is 2.57. The zero-order chi connectivity index (χ0) is 20.0. The van der Waals surface area contributed by atoms with Crippen molar-refractivity contribution < 1.29 is 31.1 Å². The summed E-state index contributed by atoms with van der Waals surface area (Å²) in [4.78, 5) is 12.0. The molecule has 10 heteroatoms. The third kappa shape index (κ3) is 3.96. The summed E-state index contributed by atoms with van der Waals surface area (Å²) in [5.41, 5.74) is -0.563. The van der Waals surface area contributed by atoms with E-state index in [1.807, 2.05) is 0 Å². The minimum absolute atomic E-state index is 0.173. The van der Waals surface area contributed by atoms with Crippen LogP contribution < -0.4 is 5.32 Å². The molecular formula is C17H9F6NOS2. The molecule has 0 unspecified atom stereocenters. The molecule has 1 aliphatic rings. The highest BCUT2D eigenvalue weighted by molar-refractivity contribution is 8.26. The van der Waals surface area contributed by atoms with Gasteiger partial charge in [0.2, 0.25) is 0 Å². The molecule has 0 spiro atoms. The van der Waals surface area contributed by atoms with Gasteiger partial charge in [-0.1, -0.05) is 60.4 Å². The van der Waals surface area contributed by atoms with Crippen molar-refractivity contribution in [1.82, 2.24) is 5.32 Å². The van der Waals surface area contributed by atoms with Crippen molar-refractivity contribution >= 4 is 51.1 Å². The van der Waals surface area contributed by atoms with E-state index in [0.717, 1.165) is 23.9 Å². The molecule has 1 fully saturated rings. The van der Waals surface area contributed by atoms with Gasteiger partial charge in [0.05, 0.1) is 4.91 Å². The monoisotopic (exact) mass is 421 g/mol. The first-order valence-electron chi connectivity index (χ1n) is 7.38.